The zero-order valence-corrected chi connectivity index (χ0v) is 8.40. The number of nitrogens with zero attached hydrogens (tertiary/aromatic N) is 1. The summed E-state index contributed by atoms with van der Waals surface area (Å²) in [6, 6.07) is 2.55. The maximum Gasteiger partial charge on any atom is 0.248 e. The Balaban J connectivity index is 3.39. The number of amides is 1. The second-order valence-corrected chi connectivity index (χ2v) is 3.10. The molecular weight excluding hydrogens is 196 g/mol. The van der Waals surface area contributed by atoms with Gasteiger partial charge in [-0.05, 0) is 12.1 Å². The molecule has 0 saturated heterocycles. The molecule has 0 aliphatic heterocycles. The summed E-state index contributed by atoms with van der Waals surface area (Å²) >= 11 is 0. The number of carbonyl (C=O) groups is 3. The summed E-state index contributed by atoms with van der Waals surface area (Å²) in [6.07, 6.45) is 0. The van der Waals surface area contributed by atoms with Gasteiger partial charge in [-0.25, -0.2) is 4.98 Å². The van der Waals surface area contributed by atoms with Gasteiger partial charge in [0.15, 0.2) is 11.6 Å². The number of rotatable bonds is 3. The van der Waals surface area contributed by atoms with Crippen molar-refractivity contribution in [3.05, 3.63) is 29.1 Å². The molecular formula is C10H10N2O3. The molecule has 0 radical (unpaired) electrons. The fourth-order valence-electron chi connectivity index (χ4n) is 1.03. The molecule has 0 spiro atoms. The third kappa shape index (κ3) is 2.46. The number of primary amides is 1. The second kappa shape index (κ2) is 4.00. The van der Waals surface area contributed by atoms with E-state index in [0.29, 0.717) is 0 Å². The lowest BCUT2D eigenvalue weighted by Gasteiger charge is -2.02. The van der Waals surface area contributed by atoms with E-state index in [0.717, 1.165) is 0 Å². The summed E-state index contributed by atoms with van der Waals surface area (Å²) in [5, 5.41) is 0. The quantitative estimate of drug-likeness (QED) is 0.732. The van der Waals surface area contributed by atoms with E-state index in [1.165, 1.54) is 26.0 Å². The molecule has 5 nitrogen and oxygen atoms in total. The van der Waals surface area contributed by atoms with E-state index in [2.05, 4.69) is 4.98 Å². The van der Waals surface area contributed by atoms with Crippen molar-refractivity contribution in [2.75, 3.05) is 0 Å². The van der Waals surface area contributed by atoms with Crippen molar-refractivity contribution in [3.63, 3.8) is 0 Å². The van der Waals surface area contributed by atoms with Crippen molar-refractivity contribution in [3.8, 4) is 0 Å². The normalized spacial score (nSPS) is 9.73. The molecule has 0 fully saturated rings. The van der Waals surface area contributed by atoms with Crippen LogP contribution in [0.1, 0.15) is 45.2 Å². The van der Waals surface area contributed by atoms with Gasteiger partial charge < -0.3 is 5.73 Å². The molecule has 1 heterocycles. The lowest BCUT2D eigenvalue weighted by atomic mass is 10.1. The van der Waals surface area contributed by atoms with Crippen LogP contribution in [0.25, 0.3) is 0 Å². The highest BCUT2D eigenvalue weighted by atomic mass is 16.1. The molecule has 1 amide bonds. The molecule has 0 bridgehead atoms. The standard InChI is InChI=1S/C10H10N2O3/c1-5(13)8-3-7(10(11)15)4-9(12-8)6(2)14/h3-4H,1-2H3,(H2,11,15). The van der Waals surface area contributed by atoms with E-state index in [1.807, 2.05) is 0 Å². The van der Waals surface area contributed by atoms with Gasteiger partial charge in [-0.3, -0.25) is 14.4 Å². The van der Waals surface area contributed by atoms with Crippen LogP contribution in [0.15, 0.2) is 12.1 Å². The number of hydrogen-bond donors (Lipinski definition) is 1. The average molecular weight is 206 g/mol. The summed E-state index contributed by atoms with van der Waals surface area (Å²) in [5.74, 6) is -1.33. The van der Waals surface area contributed by atoms with E-state index in [-0.39, 0.29) is 28.5 Å². The smallest absolute Gasteiger partial charge is 0.248 e. The minimum atomic E-state index is -0.692. The first-order valence-electron chi connectivity index (χ1n) is 4.25. The Kier molecular flexibility index (Phi) is 2.94. The molecule has 0 unspecified atom stereocenters. The summed E-state index contributed by atoms with van der Waals surface area (Å²) < 4.78 is 0. The molecule has 0 aromatic carbocycles. The number of aromatic nitrogens is 1. The number of pyridine rings is 1. The third-order valence-electron chi connectivity index (χ3n) is 1.83. The molecule has 78 valence electrons. The van der Waals surface area contributed by atoms with Crippen molar-refractivity contribution in [1.29, 1.82) is 0 Å². The third-order valence-corrected chi connectivity index (χ3v) is 1.83. The fourth-order valence-corrected chi connectivity index (χ4v) is 1.03. The first-order chi connectivity index (χ1) is 6.91. The number of ketones is 2. The summed E-state index contributed by atoms with van der Waals surface area (Å²) in [7, 11) is 0. The van der Waals surface area contributed by atoms with Crippen molar-refractivity contribution >= 4 is 17.5 Å². The van der Waals surface area contributed by atoms with Crippen LogP contribution in [0.4, 0.5) is 0 Å². The van der Waals surface area contributed by atoms with Crippen LogP contribution in [-0.2, 0) is 0 Å². The van der Waals surface area contributed by atoms with Gasteiger partial charge in [0.25, 0.3) is 0 Å². The zero-order chi connectivity index (χ0) is 11.6. The fraction of sp³-hybridized carbons (Fsp3) is 0.200. The summed E-state index contributed by atoms with van der Waals surface area (Å²) in [5.41, 5.74) is 5.31. The topological polar surface area (TPSA) is 90.1 Å². The summed E-state index contributed by atoms with van der Waals surface area (Å²) in [4.78, 5) is 36.9. The van der Waals surface area contributed by atoms with Crippen LogP contribution in [-0.4, -0.2) is 22.5 Å². The molecule has 0 aliphatic rings. The van der Waals surface area contributed by atoms with E-state index >= 15 is 0 Å². The molecule has 1 aromatic heterocycles. The molecule has 5 heteroatoms. The second-order valence-electron chi connectivity index (χ2n) is 3.10. The molecule has 15 heavy (non-hydrogen) atoms. The van der Waals surface area contributed by atoms with Gasteiger partial charge in [-0.1, -0.05) is 0 Å². The van der Waals surface area contributed by atoms with Crippen molar-refractivity contribution in [1.82, 2.24) is 4.98 Å². The Morgan fingerprint density at radius 1 is 1.07 bits per heavy atom. The first-order valence-corrected chi connectivity index (χ1v) is 4.25. The monoisotopic (exact) mass is 206 g/mol. The minimum absolute atomic E-state index is 0.0662. The highest BCUT2D eigenvalue weighted by Gasteiger charge is 2.11. The van der Waals surface area contributed by atoms with Gasteiger partial charge in [0, 0.05) is 19.4 Å². The lowest BCUT2D eigenvalue weighted by molar-refractivity contribution is 0.1000. The van der Waals surface area contributed by atoms with Gasteiger partial charge in [0.2, 0.25) is 5.91 Å². The first kappa shape index (κ1) is 11.0. The van der Waals surface area contributed by atoms with Gasteiger partial charge in [-0.2, -0.15) is 0 Å². The molecule has 0 atom stereocenters. The van der Waals surface area contributed by atoms with Crippen molar-refractivity contribution in [2.45, 2.75) is 13.8 Å². The van der Waals surface area contributed by atoms with Gasteiger partial charge >= 0.3 is 0 Å². The Hall–Kier alpha value is -2.04. The molecule has 1 rings (SSSR count). The Morgan fingerprint density at radius 2 is 1.47 bits per heavy atom. The molecule has 1 aromatic rings. The Labute approximate surface area is 86.3 Å². The predicted molar refractivity (Wildman–Crippen MR) is 52.8 cm³/mol. The zero-order valence-electron chi connectivity index (χ0n) is 8.40. The molecule has 0 aliphatic carbocycles. The van der Waals surface area contributed by atoms with E-state index in [4.69, 9.17) is 5.73 Å². The number of Topliss-reactive ketones (excluding diaryl/α,β-unsaturated/α-hetero) is 2. The van der Waals surface area contributed by atoms with Crippen LogP contribution in [0.3, 0.4) is 0 Å². The van der Waals surface area contributed by atoms with Crippen molar-refractivity contribution < 1.29 is 14.4 Å². The van der Waals surface area contributed by atoms with Crippen LogP contribution < -0.4 is 5.73 Å². The number of carbonyl (C=O) groups excluding carboxylic acids is 3. The lowest BCUT2D eigenvalue weighted by Crippen LogP contribution is -2.14. The number of nitrogens with two attached hydrogens (primary N) is 1. The SMILES string of the molecule is CC(=O)c1cc(C(N)=O)cc(C(C)=O)n1. The Morgan fingerprint density at radius 3 is 1.73 bits per heavy atom. The predicted octanol–water partition coefficient (Wildman–Crippen LogP) is 0.586. The van der Waals surface area contributed by atoms with Gasteiger partial charge in [0.1, 0.15) is 11.4 Å². The van der Waals surface area contributed by atoms with Gasteiger partial charge in [0.05, 0.1) is 0 Å². The summed E-state index contributed by atoms with van der Waals surface area (Å²) in [6.45, 7) is 2.61. The van der Waals surface area contributed by atoms with Crippen LogP contribution in [0, 0.1) is 0 Å². The van der Waals surface area contributed by atoms with Crippen LogP contribution in [0.2, 0.25) is 0 Å². The minimum Gasteiger partial charge on any atom is -0.366 e. The van der Waals surface area contributed by atoms with E-state index in [1.54, 1.807) is 0 Å². The van der Waals surface area contributed by atoms with E-state index < -0.39 is 5.91 Å². The maximum atomic E-state index is 11.1. The van der Waals surface area contributed by atoms with Crippen LogP contribution >= 0.6 is 0 Å². The molecule has 0 saturated carbocycles. The van der Waals surface area contributed by atoms with E-state index in [9.17, 15) is 14.4 Å². The Bertz CT molecular complexity index is 373. The van der Waals surface area contributed by atoms with Gasteiger partial charge in [-0.15, -0.1) is 0 Å². The maximum absolute atomic E-state index is 11.1. The average Bonchev–Trinajstić information content (AvgIpc) is 2.16. The highest BCUT2D eigenvalue weighted by molar-refractivity contribution is 6.01. The molecule has 2 N–H and O–H groups in total. The largest absolute Gasteiger partial charge is 0.366 e. The van der Waals surface area contributed by atoms with Crippen LogP contribution in [0.5, 0.6) is 0 Å². The highest BCUT2D eigenvalue weighted by Crippen LogP contribution is 2.07. The number of hydrogen-bond acceptors (Lipinski definition) is 4. The van der Waals surface area contributed by atoms with Crippen molar-refractivity contribution in [2.24, 2.45) is 5.73 Å².